The molecule has 0 aromatic rings. The van der Waals surface area contributed by atoms with E-state index in [9.17, 15) is 9.59 Å². The summed E-state index contributed by atoms with van der Waals surface area (Å²) in [5, 5.41) is 8.93. The minimum absolute atomic E-state index is 0.373. The Labute approximate surface area is 87.2 Å². The van der Waals surface area contributed by atoms with Crippen molar-refractivity contribution in [3.63, 3.8) is 0 Å². The van der Waals surface area contributed by atoms with Crippen LogP contribution in [-0.2, 0) is 14.3 Å². The molecule has 14 heavy (non-hydrogen) atoms. The molecule has 0 amide bonds. The van der Waals surface area contributed by atoms with Crippen molar-refractivity contribution in [2.24, 2.45) is 5.92 Å². The van der Waals surface area contributed by atoms with Gasteiger partial charge in [-0.25, -0.2) is 0 Å². The van der Waals surface area contributed by atoms with Crippen LogP contribution in [0.3, 0.4) is 0 Å². The molecule has 1 aliphatic rings. The van der Waals surface area contributed by atoms with Crippen molar-refractivity contribution in [1.82, 2.24) is 0 Å². The molecule has 0 saturated heterocycles. The molecule has 80 valence electrons. The van der Waals surface area contributed by atoms with Crippen molar-refractivity contribution in [3.05, 3.63) is 0 Å². The van der Waals surface area contributed by atoms with E-state index in [0.717, 1.165) is 12.8 Å². The first-order valence-corrected chi connectivity index (χ1v) is 4.90. The Bertz CT molecular complexity index is 253. The summed E-state index contributed by atoms with van der Waals surface area (Å²) in [6, 6.07) is 0. The molecule has 0 aromatic carbocycles. The van der Waals surface area contributed by atoms with Gasteiger partial charge in [0.2, 0.25) is 0 Å². The van der Waals surface area contributed by atoms with Crippen LogP contribution in [0.5, 0.6) is 0 Å². The standard InChI is InChI=1S/C9H13ClO4/c1-14-8(13)9(10)5-3-2-4-6(9)7(11)12/h6H,2-5H2,1H3,(H,11,12). The number of aliphatic carboxylic acids is 1. The van der Waals surface area contributed by atoms with E-state index < -0.39 is 22.7 Å². The van der Waals surface area contributed by atoms with E-state index in [-0.39, 0.29) is 0 Å². The van der Waals surface area contributed by atoms with Crippen molar-refractivity contribution in [3.8, 4) is 0 Å². The fourth-order valence-corrected chi connectivity index (χ4v) is 2.28. The van der Waals surface area contributed by atoms with E-state index >= 15 is 0 Å². The van der Waals surface area contributed by atoms with Crippen LogP contribution in [0.4, 0.5) is 0 Å². The maximum atomic E-state index is 11.4. The number of carbonyl (C=O) groups excluding carboxylic acids is 1. The minimum atomic E-state index is -1.36. The number of carboxylic acid groups (broad SMARTS) is 1. The molecule has 0 aliphatic heterocycles. The third kappa shape index (κ3) is 1.85. The fourth-order valence-electron chi connectivity index (χ4n) is 1.87. The highest BCUT2D eigenvalue weighted by atomic mass is 35.5. The zero-order valence-corrected chi connectivity index (χ0v) is 8.71. The maximum absolute atomic E-state index is 11.4. The number of carbonyl (C=O) groups is 2. The SMILES string of the molecule is COC(=O)C1(Cl)CCCCC1C(=O)O. The van der Waals surface area contributed by atoms with Crippen LogP contribution in [0.1, 0.15) is 25.7 Å². The molecule has 0 aromatic heterocycles. The molecule has 2 atom stereocenters. The normalized spacial score (nSPS) is 32.3. The van der Waals surface area contributed by atoms with Gasteiger partial charge < -0.3 is 9.84 Å². The van der Waals surface area contributed by atoms with Gasteiger partial charge in [0.25, 0.3) is 0 Å². The summed E-state index contributed by atoms with van der Waals surface area (Å²) in [5.74, 6) is -2.48. The van der Waals surface area contributed by atoms with Crippen LogP contribution in [0, 0.1) is 5.92 Å². The van der Waals surface area contributed by atoms with E-state index in [2.05, 4.69) is 4.74 Å². The molecular weight excluding hydrogens is 208 g/mol. The predicted octanol–water partition coefficient (Wildman–Crippen LogP) is 1.41. The average molecular weight is 221 g/mol. The lowest BCUT2D eigenvalue weighted by Crippen LogP contribution is -2.47. The molecule has 4 nitrogen and oxygen atoms in total. The number of alkyl halides is 1. The Hall–Kier alpha value is -0.770. The quantitative estimate of drug-likeness (QED) is 0.565. The van der Waals surface area contributed by atoms with Crippen LogP contribution in [-0.4, -0.2) is 29.0 Å². The molecule has 1 N–H and O–H groups in total. The Morgan fingerprint density at radius 1 is 1.50 bits per heavy atom. The lowest BCUT2D eigenvalue weighted by atomic mass is 9.78. The molecule has 1 rings (SSSR count). The van der Waals surface area contributed by atoms with Gasteiger partial charge in [-0.1, -0.05) is 12.8 Å². The van der Waals surface area contributed by atoms with Crippen molar-refractivity contribution in [1.29, 1.82) is 0 Å². The predicted molar refractivity (Wildman–Crippen MR) is 50.2 cm³/mol. The fraction of sp³-hybridized carbons (Fsp3) is 0.778. The molecule has 0 radical (unpaired) electrons. The minimum Gasteiger partial charge on any atom is -0.481 e. The summed E-state index contributed by atoms with van der Waals surface area (Å²) in [6.45, 7) is 0. The Balaban J connectivity index is 2.90. The van der Waals surface area contributed by atoms with Gasteiger partial charge in [0.1, 0.15) is 0 Å². The van der Waals surface area contributed by atoms with Crippen LogP contribution in [0.2, 0.25) is 0 Å². The largest absolute Gasteiger partial charge is 0.481 e. The van der Waals surface area contributed by atoms with Crippen LogP contribution < -0.4 is 0 Å². The molecule has 1 aliphatic carbocycles. The molecule has 0 spiro atoms. The first-order valence-electron chi connectivity index (χ1n) is 4.52. The van der Waals surface area contributed by atoms with E-state index in [1.165, 1.54) is 7.11 Å². The van der Waals surface area contributed by atoms with E-state index in [1.807, 2.05) is 0 Å². The highest BCUT2D eigenvalue weighted by Crippen LogP contribution is 2.40. The maximum Gasteiger partial charge on any atom is 0.327 e. The van der Waals surface area contributed by atoms with Gasteiger partial charge in [-0.2, -0.15) is 0 Å². The van der Waals surface area contributed by atoms with Gasteiger partial charge in [-0.15, -0.1) is 11.6 Å². The number of ether oxygens (including phenoxy) is 1. The van der Waals surface area contributed by atoms with Crippen molar-refractivity contribution in [2.45, 2.75) is 30.6 Å². The topological polar surface area (TPSA) is 63.6 Å². The van der Waals surface area contributed by atoms with Crippen LogP contribution in [0.15, 0.2) is 0 Å². The molecule has 0 heterocycles. The van der Waals surface area contributed by atoms with Gasteiger partial charge in [0.15, 0.2) is 4.87 Å². The molecule has 5 heteroatoms. The molecule has 1 saturated carbocycles. The number of methoxy groups -OCH3 is 1. The van der Waals surface area contributed by atoms with Crippen molar-refractivity contribution >= 4 is 23.5 Å². The van der Waals surface area contributed by atoms with Crippen LogP contribution >= 0.6 is 11.6 Å². The Morgan fingerprint density at radius 3 is 2.64 bits per heavy atom. The van der Waals surface area contributed by atoms with Crippen molar-refractivity contribution in [2.75, 3.05) is 7.11 Å². The highest BCUT2D eigenvalue weighted by molar-refractivity contribution is 6.35. The number of hydrogen-bond donors (Lipinski definition) is 1. The molecule has 1 fully saturated rings. The van der Waals surface area contributed by atoms with Gasteiger partial charge in [-0.05, 0) is 12.8 Å². The third-order valence-corrected chi connectivity index (χ3v) is 3.27. The smallest absolute Gasteiger partial charge is 0.327 e. The molecule has 0 bridgehead atoms. The van der Waals surface area contributed by atoms with Crippen LogP contribution in [0.25, 0.3) is 0 Å². The van der Waals surface area contributed by atoms with Gasteiger partial charge in [0, 0.05) is 0 Å². The summed E-state index contributed by atoms with van der Waals surface area (Å²) < 4.78 is 4.54. The highest BCUT2D eigenvalue weighted by Gasteiger charge is 2.50. The number of esters is 1. The second kappa shape index (κ2) is 4.17. The second-order valence-electron chi connectivity index (χ2n) is 3.49. The first-order chi connectivity index (χ1) is 6.52. The Morgan fingerprint density at radius 2 is 2.14 bits per heavy atom. The van der Waals surface area contributed by atoms with E-state index in [1.54, 1.807) is 0 Å². The third-order valence-electron chi connectivity index (χ3n) is 2.66. The van der Waals surface area contributed by atoms with Gasteiger partial charge >= 0.3 is 11.9 Å². The first kappa shape index (κ1) is 11.3. The Kier molecular flexibility index (Phi) is 3.37. The summed E-state index contributed by atoms with van der Waals surface area (Å²) in [6.07, 6.45) is 2.37. The molecule has 2 unspecified atom stereocenters. The monoisotopic (exact) mass is 220 g/mol. The summed E-state index contributed by atoms with van der Waals surface area (Å²) in [5.41, 5.74) is 0. The van der Waals surface area contributed by atoms with E-state index in [4.69, 9.17) is 16.7 Å². The zero-order valence-electron chi connectivity index (χ0n) is 7.96. The lowest BCUT2D eigenvalue weighted by molar-refractivity contribution is -0.155. The lowest BCUT2D eigenvalue weighted by Gasteiger charge is -2.33. The summed E-state index contributed by atoms with van der Waals surface area (Å²) in [7, 11) is 1.22. The van der Waals surface area contributed by atoms with Gasteiger partial charge in [0.05, 0.1) is 13.0 Å². The zero-order chi connectivity index (χ0) is 10.8. The van der Waals surface area contributed by atoms with Crippen molar-refractivity contribution < 1.29 is 19.4 Å². The van der Waals surface area contributed by atoms with Gasteiger partial charge in [-0.3, -0.25) is 9.59 Å². The summed E-state index contributed by atoms with van der Waals surface area (Å²) >= 11 is 6.03. The number of rotatable bonds is 2. The average Bonchev–Trinajstić information content (AvgIpc) is 2.16. The molecular formula is C9H13ClO4. The number of hydrogen-bond acceptors (Lipinski definition) is 3. The van der Waals surface area contributed by atoms with E-state index in [0.29, 0.717) is 12.8 Å². The second-order valence-corrected chi connectivity index (χ2v) is 4.17. The summed E-state index contributed by atoms with van der Waals surface area (Å²) in [4.78, 5) is 20.9. The number of carboxylic acids is 1. The number of halogens is 1.